The second kappa shape index (κ2) is 3.17. The van der Waals surface area contributed by atoms with E-state index < -0.39 is 34.3 Å². The van der Waals surface area contributed by atoms with Crippen molar-refractivity contribution in [2.24, 2.45) is 0 Å². The van der Waals surface area contributed by atoms with Gasteiger partial charge >= 0.3 is 10.1 Å². The third-order valence-electron chi connectivity index (χ3n) is 1.23. The Kier molecular flexibility index (Phi) is 2.58. The van der Waals surface area contributed by atoms with E-state index in [4.69, 9.17) is 14.8 Å². The fraction of sp³-hybridized carbons (Fsp3) is 0. The number of hydrogen-bond donors (Lipinski definition) is 3. The van der Waals surface area contributed by atoms with Gasteiger partial charge < -0.3 is 5.73 Å². The van der Waals surface area contributed by atoms with Crippen LogP contribution in [0.2, 0.25) is 0 Å². The van der Waals surface area contributed by atoms with Crippen molar-refractivity contribution in [3.63, 3.8) is 0 Å². The molecule has 80 valence electrons. The van der Waals surface area contributed by atoms with Gasteiger partial charge in [-0.1, -0.05) is 0 Å². The van der Waals surface area contributed by atoms with Crippen LogP contribution in [0, 0.1) is 0 Å². The monoisotopic (exact) mass is 259 g/mol. The maximum atomic E-state index is 10.6. The Balaban J connectivity index is 3.49. The van der Waals surface area contributed by atoms with Crippen LogP contribution in [-0.2, 0) is 20.2 Å². The van der Waals surface area contributed by atoms with Gasteiger partial charge in [0.05, 0.1) is 0 Å². The molecule has 0 fully saturated rings. The lowest BCUT2D eigenvalue weighted by atomic mass is 10.6. The molecule has 1 aromatic heterocycles. The average molecular weight is 259 g/mol. The predicted octanol–water partition coefficient (Wildman–Crippen LogP) is -0.176. The molecule has 14 heavy (non-hydrogen) atoms. The Bertz CT molecular complexity index is 552. The third-order valence-corrected chi connectivity index (χ3v) is 4.52. The predicted molar refractivity (Wildman–Crippen MR) is 48.4 cm³/mol. The number of nitrogens with two attached hydrogens (primary N) is 1. The summed E-state index contributed by atoms with van der Waals surface area (Å²) in [7, 11) is -9.06. The minimum absolute atomic E-state index is 0.349. The van der Waals surface area contributed by atoms with Crippen LogP contribution < -0.4 is 5.73 Å². The molecule has 0 saturated heterocycles. The number of anilines is 1. The summed E-state index contributed by atoms with van der Waals surface area (Å²) < 4.78 is 58.8. The van der Waals surface area contributed by atoms with E-state index in [1.807, 2.05) is 0 Å². The lowest BCUT2D eigenvalue weighted by Crippen LogP contribution is -1.99. The summed E-state index contributed by atoms with van der Waals surface area (Å²) in [5.41, 5.74) is 5.13. The van der Waals surface area contributed by atoms with Gasteiger partial charge in [0.15, 0.2) is 0 Å². The van der Waals surface area contributed by atoms with E-state index in [1.165, 1.54) is 0 Å². The molecule has 0 spiro atoms. The van der Waals surface area contributed by atoms with Crippen molar-refractivity contribution in [2.45, 2.75) is 9.10 Å². The summed E-state index contributed by atoms with van der Waals surface area (Å²) in [5, 5.41) is -0.403. The molecule has 1 rings (SSSR count). The summed E-state index contributed by atoms with van der Waals surface area (Å²) in [6.45, 7) is 0. The highest BCUT2D eigenvalue weighted by atomic mass is 32.3. The molecule has 10 heteroatoms. The van der Waals surface area contributed by atoms with Crippen LogP contribution in [0.4, 0.5) is 5.00 Å². The highest BCUT2D eigenvalue weighted by Crippen LogP contribution is 2.31. The molecule has 0 aromatic carbocycles. The molecule has 0 unspecified atom stereocenters. The summed E-state index contributed by atoms with van der Waals surface area (Å²) in [6, 6.07) is 0.588. The van der Waals surface area contributed by atoms with E-state index in [2.05, 4.69) is 0 Å². The molecule has 0 atom stereocenters. The van der Waals surface area contributed by atoms with Crippen LogP contribution >= 0.6 is 11.3 Å². The maximum Gasteiger partial charge on any atom is 0.304 e. The van der Waals surface area contributed by atoms with Gasteiger partial charge in [-0.15, -0.1) is 11.3 Å². The van der Waals surface area contributed by atoms with Gasteiger partial charge in [-0.3, -0.25) is 9.11 Å². The molecule has 0 saturated carbocycles. The van der Waals surface area contributed by atoms with Crippen molar-refractivity contribution in [3.05, 3.63) is 6.07 Å². The number of rotatable bonds is 2. The summed E-state index contributed by atoms with van der Waals surface area (Å²) >= 11 is 0.349. The van der Waals surface area contributed by atoms with Gasteiger partial charge in [-0.05, 0) is 6.07 Å². The van der Waals surface area contributed by atoms with Gasteiger partial charge in [-0.2, -0.15) is 16.8 Å². The van der Waals surface area contributed by atoms with Crippen molar-refractivity contribution in [3.8, 4) is 0 Å². The first-order valence-electron chi connectivity index (χ1n) is 2.96. The normalized spacial score (nSPS) is 13.0. The summed E-state index contributed by atoms with van der Waals surface area (Å²) in [6.07, 6.45) is 0. The Hall–Kier alpha value is -0.680. The second-order valence-electron chi connectivity index (χ2n) is 2.24. The minimum Gasteiger partial charge on any atom is -0.389 e. The lowest BCUT2D eigenvalue weighted by molar-refractivity contribution is 0.483. The number of thiophene rings is 1. The molecular formula is C4H5NO6S3. The van der Waals surface area contributed by atoms with E-state index >= 15 is 0 Å². The van der Waals surface area contributed by atoms with Gasteiger partial charge in [0.1, 0.15) is 14.1 Å². The van der Waals surface area contributed by atoms with Gasteiger partial charge in [0, 0.05) is 0 Å². The van der Waals surface area contributed by atoms with Crippen LogP contribution in [0.1, 0.15) is 0 Å². The molecule has 0 radical (unpaired) electrons. The summed E-state index contributed by atoms with van der Waals surface area (Å²) in [4.78, 5) is -0.727. The Morgan fingerprint density at radius 3 is 1.86 bits per heavy atom. The zero-order valence-electron chi connectivity index (χ0n) is 6.41. The fourth-order valence-corrected chi connectivity index (χ4v) is 3.32. The SMILES string of the molecule is Nc1sc(S(=O)(=O)O)cc1S(=O)(=O)O. The summed E-state index contributed by atoms with van der Waals surface area (Å²) in [5.74, 6) is 0. The molecule has 7 nitrogen and oxygen atoms in total. The van der Waals surface area contributed by atoms with Crippen LogP contribution in [0.25, 0.3) is 0 Å². The molecule has 0 aliphatic rings. The molecule has 0 aliphatic carbocycles. The highest BCUT2D eigenvalue weighted by Gasteiger charge is 2.22. The standard InChI is InChI=1S/C4H5NO6S3/c5-4-2(13(6,7)8)1-3(12-4)14(9,10)11/h1H,5H2,(H,6,7,8)(H,9,10,11). The van der Waals surface area contributed by atoms with E-state index in [0.717, 1.165) is 0 Å². The molecule has 0 aliphatic heterocycles. The van der Waals surface area contributed by atoms with Crippen molar-refractivity contribution in [1.29, 1.82) is 0 Å². The Morgan fingerprint density at radius 1 is 1.14 bits per heavy atom. The van der Waals surface area contributed by atoms with E-state index in [9.17, 15) is 16.8 Å². The van der Waals surface area contributed by atoms with Crippen molar-refractivity contribution < 1.29 is 25.9 Å². The van der Waals surface area contributed by atoms with Gasteiger partial charge in [0.25, 0.3) is 10.1 Å². The molecule has 1 aromatic rings. The van der Waals surface area contributed by atoms with Crippen molar-refractivity contribution >= 4 is 36.6 Å². The molecular weight excluding hydrogens is 254 g/mol. The third kappa shape index (κ3) is 2.22. The Morgan fingerprint density at radius 2 is 1.64 bits per heavy atom. The van der Waals surface area contributed by atoms with Crippen molar-refractivity contribution in [2.75, 3.05) is 5.73 Å². The Labute approximate surface area is 83.7 Å². The van der Waals surface area contributed by atoms with E-state index in [0.29, 0.717) is 17.4 Å². The fourth-order valence-electron chi connectivity index (χ4n) is 0.695. The molecule has 1 heterocycles. The second-order valence-corrected chi connectivity index (χ2v) is 6.37. The highest BCUT2D eigenvalue weighted by molar-refractivity contribution is 7.89. The quantitative estimate of drug-likeness (QED) is 0.627. The maximum absolute atomic E-state index is 10.6. The number of nitrogen functional groups attached to an aromatic ring is 1. The van der Waals surface area contributed by atoms with Crippen LogP contribution in [-0.4, -0.2) is 25.9 Å². The minimum atomic E-state index is -4.56. The van der Waals surface area contributed by atoms with Crippen LogP contribution in [0.5, 0.6) is 0 Å². The molecule has 0 bridgehead atoms. The van der Waals surface area contributed by atoms with Crippen LogP contribution in [0.3, 0.4) is 0 Å². The smallest absolute Gasteiger partial charge is 0.304 e. The van der Waals surface area contributed by atoms with E-state index in [-0.39, 0.29) is 0 Å². The lowest BCUT2D eigenvalue weighted by Gasteiger charge is -1.90. The zero-order chi connectivity index (χ0) is 11.1. The molecule has 4 N–H and O–H groups in total. The van der Waals surface area contributed by atoms with Crippen LogP contribution in [0.15, 0.2) is 15.2 Å². The van der Waals surface area contributed by atoms with Gasteiger partial charge in [0.2, 0.25) is 0 Å². The van der Waals surface area contributed by atoms with E-state index in [1.54, 1.807) is 0 Å². The van der Waals surface area contributed by atoms with Gasteiger partial charge in [-0.25, -0.2) is 0 Å². The topological polar surface area (TPSA) is 135 Å². The first-order valence-corrected chi connectivity index (χ1v) is 6.66. The largest absolute Gasteiger partial charge is 0.389 e. The number of hydrogen-bond acceptors (Lipinski definition) is 6. The first-order chi connectivity index (χ1) is 6.12. The first kappa shape index (κ1) is 11.4. The van der Waals surface area contributed by atoms with Crippen molar-refractivity contribution in [1.82, 2.24) is 0 Å². The molecule has 0 amide bonds. The zero-order valence-corrected chi connectivity index (χ0v) is 8.86. The average Bonchev–Trinajstić information content (AvgIpc) is 2.27.